The van der Waals surface area contributed by atoms with Gasteiger partial charge in [-0.15, -0.1) is 0 Å². The number of carbonyl (C=O) groups is 1. The fraction of sp³-hybridized carbons (Fsp3) is 0.615. The lowest BCUT2D eigenvalue weighted by atomic mass is 10.1. The first-order chi connectivity index (χ1) is 9.20. The first-order valence-corrected chi connectivity index (χ1v) is 7.27. The van der Waals surface area contributed by atoms with Gasteiger partial charge in [-0.05, 0) is 50.0 Å². The highest BCUT2D eigenvalue weighted by atomic mass is 79.9. The Balaban J connectivity index is 2.43. The van der Waals surface area contributed by atoms with Crippen molar-refractivity contribution in [3.05, 3.63) is 21.0 Å². The number of rotatable bonds is 0. The number of hydrogen-bond donors (Lipinski definition) is 0. The molecular weight excluding hydrogens is 326 g/mol. The lowest BCUT2D eigenvalue weighted by Crippen LogP contribution is -2.49. The van der Waals surface area contributed by atoms with Crippen LogP contribution in [0.4, 0.5) is 10.7 Å². The summed E-state index contributed by atoms with van der Waals surface area (Å²) < 4.78 is 7.28. The molecule has 1 amide bonds. The van der Waals surface area contributed by atoms with Crippen molar-refractivity contribution in [3.8, 4) is 0 Å². The van der Waals surface area contributed by atoms with E-state index in [9.17, 15) is 9.59 Å². The molecule has 0 fully saturated rings. The number of fused-ring (bicyclic) bond motifs is 1. The van der Waals surface area contributed by atoms with E-state index in [-0.39, 0.29) is 11.6 Å². The Morgan fingerprint density at radius 2 is 2.15 bits per heavy atom. The number of anilines is 1. The van der Waals surface area contributed by atoms with E-state index >= 15 is 0 Å². The fourth-order valence-electron chi connectivity index (χ4n) is 2.07. The first-order valence-electron chi connectivity index (χ1n) is 6.48. The van der Waals surface area contributed by atoms with E-state index in [4.69, 9.17) is 4.74 Å². The van der Waals surface area contributed by atoms with Gasteiger partial charge in [0.05, 0.1) is 6.20 Å². The zero-order valence-electron chi connectivity index (χ0n) is 12.0. The Kier molecular flexibility index (Phi) is 3.90. The predicted octanol–water partition coefficient (Wildman–Crippen LogP) is 2.54. The SMILES string of the molecule is CC1CCn2c(ncc(Br)c2=O)N1C(=O)OC(C)(C)C. The molecule has 0 saturated carbocycles. The Morgan fingerprint density at radius 1 is 1.50 bits per heavy atom. The van der Waals surface area contributed by atoms with Crippen LogP contribution < -0.4 is 10.5 Å². The van der Waals surface area contributed by atoms with Gasteiger partial charge in [-0.3, -0.25) is 9.36 Å². The maximum Gasteiger partial charge on any atom is 0.417 e. The van der Waals surface area contributed by atoms with Gasteiger partial charge in [0.15, 0.2) is 0 Å². The minimum absolute atomic E-state index is 0.0575. The van der Waals surface area contributed by atoms with Crippen LogP contribution in [0.2, 0.25) is 0 Å². The van der Waals surface area contributed by atoms with E-state index < -0.39 is 11.7 Å². The van der Waals surface area contributed by atoms with E-state index in [2.05, 4.69) is 20.9 Å². The molecule has 0 aliphatic carbocycles. The van der Waals surface area contributed by atoms with Crippen LogP contribution in [-0.4, -0.2) is 27.3 Å². The summed E-state index contributed by atoms with van der Waals surface area (Å²) in [6.45, 7) is 7.88. The number of hydrogen-bond acceptors (Lipinski definition) is 4. The molecule has 20 heavy (non-hydrogen) atoms. The monoisotopic (exact) mass is 343 g/mol. The van der Waals surface area contributed by atoms with Gasteiger partial charge in [0.25, 0.3) is 5.56 Å². The summed E-state index contributed by atoms with van der Waals surface area (Å²) in [7, 11) is 0. The molecule has 0 radical (unpaired) electrons. The molecule has 0 aromatic carbocycles. The molecule has 1 atom stereocenters. The average molecular weight is 344 g/mol. The van der Waals surface area contributed by atoms with Gasteiger partial charge in [-0.1, -0.05) is 0 Å². The van der Waals surface area contributed by atoms with Crippen molar-refractivity contribution in [2.75, 3.05) is 4.90 Å². The van der Waals surface area contributed by atoms with Crippen molar-refractivity contribution in [2.45, 2.75) is 52.3 Å². The fourth-order valence-corrected chi connectivity index (χ4v) is 2.38. The van der Waals surface area contributed by atoms with E-state index in [0.29, 0.717) is 23.4 Å². The van der Waals surface area contributed by atoms with Crippen LogP contribution in [0, 0.1) is 0 Å². The highest BCUT2D eigenvalue weighted by Gasteiger charge is 2.33. The van der Waals surface area contributed by atoms with Crippen LogP contribution in [0.15, 0.2) is 15.5 Å². The van der Waals surface area contributed by atoms with Gasteiger partial charge < -0.3 is 4.74 Å². The first kappa shape index (κ1) is 15.0. The van der Waals surface area contributed by atoms with E-state index in [0.717, 1.165) is 0 Å². The number of ether oxygens (including phenoxy) is 1. The normalized spacial score (nSPS) is 18.6. The third kappa shape index (κ3) is 2.87. The number of nitrogens with zero attached hydrogens (tertiary/aromatic N) is 3. The predicted molar refractivity (Wildman–Crippen MR) is 79.0 cm³/mol. The van der Waals surface area contributed by atoms with E-state index in [1.807, 2.05) is 27.7 Å². The molecule has 1 aliphatic heterocycles. The second-order valence-corrected chi connectivity index (χ2v) is 6.71. The Bertz CT molecular complexity index is 592. The average Bonchev–Trinajstić information content (AvgIpc) is 2.31. The van der Waals surface area contributed by atoms with Crippen LogP contribution in [0.25, 0.3) is 0 Å². The number of carbonyl (C=O) groups excluding carboxylic acids is 1. The third-order valence-corrected chi connectivity index (χ3v) is 3.55. The van der Waals surface area contributed by atoms with Crippen LogP contribution in [0.3, 0.4) is 0 Å². The maximum absolute atomic E-state index is 12.3. The second-order valence-electron chi connectivity index (χ2n) is 5.85. The minimum atomic E-state index is -0.589. The van der Waals surface area contributed by atoms with Crippen LogP contribution in [0.1, 0.15) is 34.1 Å². The number of amides is 1. The van der Waals surface area contributed by atoms with Crippen molar-refractivity contribution in [3.63, 3.8) is 0 Å². The molecule has 1 aromatic heterocycles. The van der Waals surface area contributed by atoms with Crippen LogP contribution in [0.5, 0.6) is 0 Å². The molecule has 0 N–H and O–H groups in total. The molecule has 110 valence electrons. The van der Waals surface area contributed by atoms with Crippen molar-refractivity contribution in [1.29, 1.82) is 0 Å². The number of halogens is 1. The Labute approximate surface area is 125 Å². The van der Waals surface area contributed by atoms with Crippen molar-refractivity contribution in [2.24, 2.45) is 0 Å². The Hall–Kier alpha value is -1.37. The molecule has 0 bridgehead atoms. The minimum Gasteiger partial charge on any atom is -0.443 e. The molecule has 1 aromatic rings. The lowest BCUT2D eigenvalue weighted by molar-refractivity contribution is 0.0555. The summed E-state index contributed by atoms with van der Waals surface area (Å²) >= 11 is 3.16. The van der Waals surface area contributed by atoms with Crippen LogP contribution >= 0.6 is 15.9 Å². The van der Waals surface area contributed by atoms with Crippen LogP contribution in [-0.2, 0) is 11.3 Å². The highest BCUT2D eigenvalue weighted by molar-refractivity contribution is 9.10. The molecule has 0 spiro atoms. The van der Waals surface area contributed by atoms with Gasteiger partial charge in [0.2, 0.25) is 5.95 Å². The van der Waals surface area contributed by atoms with E-state index in [1.165, 1.54) is 15.7 Å². The Morgan fingerprint density at radius 3 is 2.75 bits per heavy atom. The van der Waals surface area contributed by atoms with Crippen molar-refractivity contribution < 1.29 is 9.53 Å². The summed E-state index contributed by atoms with van der Waals surface area (Å²) in [5.74, 6) is 0.339. The van der Waals surface area contributed by atoms with E-state index in [1.54, 1.807) is 0 Å². The smallest absolute Gasteiger partial charge is 0.417 e. The summed E-state index contributed by atoms with van der Waals surface area (Å²) in [4.78, 5) is 30.0. The zero-order chi connectivity index (χ0) is 15.1. The molecule has 0 saturated heterocycles. The van der Waals surface area contributed by atoms with Crippen molar-refractivity contribution in [1.82, 2.24) is 9.55 Å². The zero-order valence-corrected chi connectivity index (χ0v) is 13.6. The topological polar surface area (TPSA) is 64.4 Å². The van der Waals surface area contributed by atoms with Gasteiger partial charge in [-0.2, -0.15) is 0 Å². The quantitative estimate of drug-likeness (QED) is 0.726. The standard InChI is InChI=1S/C13H18BrN3O3/c1-8-5-6-16-10(18)9(14)7-15-11(16)17(8)12(19)20-13(2,3)4/h7-8H,5-6H2,1-4H3. The molecule has 7 heteroatoms. The maximum atomic E-state index is 12.3. The molecule has 2 heterocycles. The molecule has 2 rings (SSSR count). The van der Waals surface area contributed by atoms with Gasteiger partial charge >= 0.3 is 6.09 Å². The van der Waals surface area contributed by atoms with Gasteiger partial charge in [-0.25, -0.2) is 14.7 Å². The summed E-state index contributed by atoms with van der Waals surface area (Å²) in [6, 6.07) is -0.0575. The number of aromatic nitrogens is 2. The summed E-state index contributed by atoms with van der Waals surface area (Å²) in [5, 5.41) is 0. The van der Waals surface area contributed by atoms with Gasteiger partial charge in [0.1, 0.15) is 10.1 Å². The molecule has 6 nitrogen and oxygen atoms in total. The largest absolute Gasteiger partial charge is 0.443 e. The second kappa shape index (κ2) is 5.20. The summed E-state index contributed by atoms with van der Waals surface area (Å²) in [5.41, 5.74) is -0.773. The molecule has 1 unspecified atom stereocenters. The van der Waals surface area contributed by atoms with Crippen molar-refractivity contribution >= 4 is 28.0 Å². The molecule has 1 aliphatic rings. The summed E-state index contributed by atoms with van der Waals surface area (Å²) in [6.07, 6.45) is 1.63. The van der Waals surface area contributed by atoms with Gasteiger partial charge in [0, 0.05) is 12.6 Å². The highest BCUT2D eigenvalue weighted by Crippen LogP contribution is 2.24. The molecular formula is C13H18BrN3O3. The third-order valence-electron chi connectivity index (χ3n) is 3.00. The lowest BCUT2D eigenvalue weighted by Gasteiger charge is -2.35.